The van der Waals surface area contributed by atoms with E-state index in [1.165, 1.54) is 4.90 Å². The van der Waals surface area contributed by atoms with E-state index in [1.807, 2.05) is 6.07 Å². The van der Waals surface area contributed by atoms with Crippen LogP contribution in [0.5, 0.6) is 0 Å². The third-order valence-electron chi connectivity index (χ3n) is 2.67. The second kappa shape index (κ2) is 8.94. The van der Waals surface area contributed by atoms with Gasteiger partial charge in [-0.05, 0) is 18.1 Å². The molecule has 1 rings (SSSR count). The zero-order chi connectivity index (χ0) is 14.4. The molecule has 20 heavy (non-hydrogen) atoms. The van der Waals surface area contributed by atoms with Gasteiger partial charge < -0.3 is 20.1 Å². The second-order valence-corrected chi connectivity index (χ2v) is 4.67. The Kier molecular flexibility index (Phi) is 8.45. The Labute approximate surface area is 140 Å². The van der Waals surface area contributed by atoms with Crippen LogP contribution in [0, 0.1) is 5.92 Å². The zero-order valence-electron chi connectivity index (χ0n) is 12.3. The summed E-state index contributed by atoms with van der Waals surface area (Å²) in [6, 6.07) is 3.94. The number of amides is 2. The minimum absolute atomic E-state index is 0. The molecule has 0 saturated carbocycles. The molecule has 0 fully saturated rings. The van der Waals surface area contributed by atoms with Gasteiger partial charge in [-0.15, -0.1) is 0 Å². The van der Waals surface area contributed by atoms with Crippen molar-refractivity contribution < 1.29 is 44.3 Å². The van der Waals surface area contributed by atoms with Crippen LogP contribution in [-0.4, -0.2) is 35.0 Å². The van der Waals surface area contributed by atoms with Gasteiger partial charge in [-0.1, -0.05) is 19.9 Å². The fourth-order valence-corrected chi connectivity index (χ4v) is 1.55. The first-order chi connectivity index (χ1) is 8.91. The first-order valence-electron chi connectivity index (χ1n) is 6.04. The molecule has 0 spiro atoms. The Morgan fingerprint density at radius 2 is 2.05 bits per heavy atom. The molecule has 1 aromatic heterocycles. The molecule has 0 radical (unpaired) electrons. The van der Waals surface area contributed by atoms with Crippen molar-refractivity contribution in [2.75, 3.05) is 7.05 Å². The van der Waals surface area contributed by atoms with Crippen LogP contribution in [-0.2, 0) is 11.3 Å². The summed E-state index contributed by atoms with van der Waals surface area (Å²) in [6.45, 7) is 3.73. The molecule has 2 amide bonds. The number of hydrogen-bond donors (Lipinski definition) is 1. The number of hydrogen-bond acceptors (Lipinski definition) is 4. The average molecular weight is 287 g/mol. The van der Waals surface area contributed by atoms with Crippen LogP contribution in [0.4, 0.5) is 4.79 Å². The molecule has 0 saturated heterocycles. The number of aliphatic carboxylic acids is 1. The molecule has 1 aromatic rings. The number of nitrogens with zero attached hydrogens (tertiary/aromatic N) is 2. The Hall–Kier alpha value is -1.11. The normalized spacial score (nSPS) is 11.4. The van der Waals surface area contributed by atoms with Gasteiger partial charge >= 0.3 is 35.6 Å². The number of carbonyl (C=O) groups excluding carboxylic acids is 2. The van der Waals surface area contributed by atoms with Crippen LogP contribution < -0.4 is 40.0 Å². The van der Waals surface area contributed by atoms with E-state index >= 15 is 0 Å². The minimum atomic E-state index is -1.28. The molecule has 0 aromatic carbocycles. The average Bonchev–Trinajstić information content (AvgIpc) is 2.35. The number of rotatable bonds is 5. The molecule has 1 N–H and O–H groups in total. The van der Waals surface area contributed by atoms with Crippen molar-refractivity contribution in [3.8, 4) is 0 Å². The van der Waals surface area contributed by atoms with Gasteiger partial charge in [-0.3, -0.25) is 4.98 Å². The van der Waals surface area contributed by atoms with Gasteiger partial charge in [0.15, 0.2) is 0 Å². The Balaban J connectivity index is 0.00000361. The molecule has 0 bridgehead atoms. The van der Waals surface area contributed by atoms with E-state index in [1.54, 1.807) is 39.2 Å². The van der Waals surface area contributed by atoms with Crippen molar-refractivity contribution in [1.29, 1.82) is 0 Å². The summed E-state index contributed by atoms with van der Waals surface area (Å²) in [5, 5.41) is 13.3. The number of pyridine rings is 1. The van der Waals surface area contributed by atoms with Crippen LogP contribution in [0.25, 0.3) is 0 Å². The fraction of sp³-hybridized carbons (Fsp3) is 0.462. The zero-order valence-corrected chi connectivity index (χ0v) is 14.3. The maximum Gasteiger partial charge on any atom is 1.00 e. The molecule has 0 aliphatic carbocycles. The number of carboxylic acids is 1. The number of urea groups is 1. The smallest absolute Gasteiger partial charge is 0.548 e. The van der Waals surface area contributed by atoms with Gasteiger partial charge in [-0.25, -0.2) is 4.79 Å². The van der Waals surface area contributed by atoms with Crippen molar-refractivity contribution >= 4 is 12.0 Å². The van der Waals surface area contributed by atoms with Crippen LogP contribution >= 0.6 is 0 Å². The topological polar surface area (TPSA) is 85.4 Å². The quantitative estimate of drug-likeness (QED) is 0.585. The van der Waals surface area contributed by atoms with Gasteiger partial charge in [0.2, 0.25) is 0 Å². The molecular formula is C13H18N3NaO3. The fourth-order valence-electron chi connectivity index (χ4n) is 1.55. The predicted molar refractivity (Wildman–Crippen MR) is 67.9 cm³/mol. The van der Waals surface area contributed by atoms with Gasteiger partial charge in [0.1, 0.15) is 0 Å². The van der Waals surface area contributed by atoms with E-state index in [2.05, 4.69) is 10.3 Å². The summed E-state index contributed by atoms with van der Waals surface area (Å²) in [5.74, 6) is -1.52. The molecule has 0 aliphatic rings. The van der Waals surface area contributed by atoms with E-state index in [0.29, 0.717) is 6.54 Å². The van der Waals surface area contributed by atoms with Crippen molar-refractivity contribution in [2.45, 2.75) is 26.4 Å². The van der Waals surface area contributed by atoms with Crippen molar-refractivity contribution in [3.63, 3.8) is 0 Å². The molecule has 0 aliphatic heterocycles. The molecule has 1 atom stereocenters. The predicted octanol–water partition coefficient (Wildman–Crippen LogP) is -3.00. The van der Waals surface area contributed by atoms with Gasteiger partial charge in [-0.2, -0.15) is 0 Å². The van der Waals surface area contributed by atoms with Crippen molar-refractivity contribution in [3.05, 3.63) is 30.1 Å². The number of carboxylic acid groups (broad SMARTS) is 1. The summed E-state index contributed by atoms with van der Waals surface area (Å²) in [7, 11) is 1.58. The van der Waals surface area contributed by atoms with Crippen molar-refractivity contribution in [1.82, 2.24) is 15.2 Å². The number of aromatic nitrogens is 1. The van der Waals surface area contributed by atoms with Crippen molar-refractivity contribution in [2.24, 2.45) is 5.92 Å². The standard InChI is InChI=1S/C13H19N3O3.Na/c1-9(2)11(12(17)18)15-13(19)16(3)8-10-6-4-5-7-14-10;/h4-7,9,11H,8H2,1-3H3,(H,15,19)(H,17,18);/q;+1/p-1/t11-;/m0./s1. The summed E-state index contributed by atoms with van der Waals surface area (Å²) in [6.07, 6.45) is 1.64. The van der Waals surface area contributed by atoms with E-state index < -0.39 is 18.0 Å². The van der Waals surface area contributed by atoms with Crippen LogP contribution in [0.1, 0.15) is 19.5 Å². The maximum absolute atomic E-state index is 11.9. The van der Waals surface area contributed by atoms with Crippen LogP contribution in [0.2, 0.25) is 0 Å². The molecular weight excluding hydrogens is 269 g/mol. The summed E-state index contributed by atoms with van der Waals surface area (Å²) >= 11 is 0. The summed E-state index contributed by atoms with van der Waals surface area (Å²) in [4.78, 5) is 28.2. The third-order valence-corrected chi connectivity index (χ3v) is 2.67. The minimum Gasteiger partial charge on any atom is -0.548 e. The Morgan fingerprint density at radius 1 is 1.40 bits per heavy atom. The molecule has 7 heteroatoms. The van der Waals surface area contributed by atoms with Crippen LogP contribution in [0.15, 0.2) is 24.4 Å². The monoisotopic (exact) mass is 287 g/mol. The second-order valence-electron chi connectivity index (χ2n) is 4.67. The van der Waals surface area contributed by atoms with E-state index in [0.717, 1.165) is 5.69 Å². The molecule has 104 valence electrons. The van der Waals surface area contributed by atoms with E-state index in [4.69, 9.17) is 0 Å². The maximum atomic E-state index is 11.9. The van der Waals surface area contributed by atoms with E-state index in [9.17, 15) is 14.7 Å². The SMILES string of the molecule is CC(C)[C@H](NC(=O)N(C)Cc1ccccn1)C(=O)[O-].[Na+]. The van der Waals surface area contributed by atoms with Gasteiger partial charge in [0.05, 0.1) is 24.2 Å². The van der Waals surface area contributed by atoms with E-state index in [-0.39, 0.29) is 35.5 Å². The summed E-state index contributed by atoms with van der Waals surface area (Å²) < 4.78 is 0. The largest absolute Gasteiger partial charge is 1.00 e. The Bertz CT molecular complexity index is 440. The Morgan fingerprint density at radius 3 is 2.50 bits per heavy atom. The van der Waals surface area contributed by atoms with Gasteiger partial charge in [0.25, 0.3) is 0 Å². The van der Waals surface area contributed by atoms with Gasteiger partial charge in [0, 0.05) is 13.2 Å². The van der Waals surface area contributed by atoms with Crippen LogP contribution in [0.3, 0.4) is 0 Å². The first kappa shape index (κ1) is 18.9. The number of carbonyl (C=O) groups is 2. The molecule has 6 nitrogen and oxygen atoms in total. The molecule has 1 heterocycles. The third kappa shape index (κ3) is 5.90. The first-order valence-corrected chi connectivity index (χ1v) is 6.04. The summed E-state index contributed by atoms with van der Waals surface area (Å²) in [5.41, 5.74) is 0.731. The number of nitrogens with one attached hydrogen (secondary N) is 1. The molecule has 0 unspecified atom stereocenters.